The quantitative estimate of drug-likeness (QED) is 0.708. The van der Waals surface area contributed by atoms with Gasteiger partial charge in [0.1, 0.15) is 17.6 Å². The van der Waals surface area contributed by atoms with Gasteiger partial charge in [-0.1, -0.05) is 30.7 Å². The van der Waals surface area contributed by atoms with E-state index in [0.717, 1.165) is 0 Å². The highest BCUT2D eigenvalue weighted by Crippen LogP contribution is 2.69. The van der Waals surface area contributed by atoms with E-state index >= 15 is 0 Å². The van der Waals surface area contributed by atoms with Crippen molar-refractivity contribution >= 4 is 17.5 Å². The molecule has 0 spiro atoms. The van der Waals surface area contributed by atoms with Crippen LogP contribution in [0.25, 0.3) is 0 Å². The first-order valence-electron chi connectivity index (χ1n) is 9.97. The van der Waals surface area contributed by atoms with Crippen LogP contribution in [0.5, 0.6) is 11.5 Å². The summed E-state index contributed by atoms with van der Waals surface area (Å²) in [5.74, 6) is -2.15. The Bertz CT molecular complexity index is 1220. The van der Waals surface area contributed by atoms with Crippen LogP contribution >= 0.6 is 11.6 Å². The van der Waals surface area contributed by atoms with Gasteiger partial charge in [-0.15, -0.1) is 0 Å². The van der Waals surface area contributed by atoms with Crippen LogP contribution < -0.4 is 9.47 Å². The number of rotatable bonds is 4. The van der Waals surface area contributed by atoms with Crippen molar-refractivity contribution in [3.8, 4) is 29.7 Å². The molecule has 2 aromatic rings. The van der Waals surface area contributed by atoms with Gasteiger partial charge in [-0.3, -0.25) is 5.41 Å². The molecule has 0 radical (unpaired) electrons. The number of nitrogens with one attached hydrogen (secondary N) is 1. The summed E-state index contributed by atoms with van der Waals surface area (Å²) < 4.78 is 23.1. The minimum Gasteiger partial charge on any atom is -0.497 e. The van der Waals surface area contributed by atoms with Crippen molar-refractivity contribution < 1.29 is 18.9 Å². The Hall–Kier alpha value is -3.77. The smallest absolute Gasteiger partial charge is 0.244 e. The molecule has 2 heterocycles. The number of hydrogen-bond donors (Lipinski definition) is 1. The fourth-order valence-corrected chi connectivity index (χ4v) is 4.96. The van der Waals surface area contributed by atoms with Crippen LogP contribution in [0.2, 0.25) is 5.02 Å². The third kappa shape index (κ3) is 2.74. The molecule has 8 nitrogen and oxygen atoms in total. The van der Waals surface area contributed by atoms with Crippen LogP contribution in [0.15, 0.2) is 42.5 Å². The van der Waals surface area contributed by atoms with Crippen molar-refractivity contribution in [2.75, 3.05) is 14.2 Å². The first-order chi connectivity index (χ1) is 15.8. The van der Waals surface area contributed by atoms with Crippen molar-refractivity contribution in [2.45, 2.75) is 18.8 Å². The predicted molar refractivity (Wildman–Crippen MR) is 116 cm³/mol. The number of nitriles is 3. The van der Waals surface area contributed by atoms with E-state index in [-0.39, 0.29) is 0 Å². The zero-order valence-corrected chi connectivity index (χ0v) is 18.8. The molecular weight excluding hydrogens is 444 g/mol. The summed E-state index contributed by atoms with van der Waals surface area (Å²) in [4.78, 5) is 0. The number of ether oxygens (including phenoxy) is 4. The number of fused-ring (bicyclic) bond motifs is 2. The normalized spacial score (nSPS) is 29.2. The molecule has 4 rings (SSSR count). The first kappa shape index (κ1) is 22.4. The summed E-state index contributed by atoms with van der Waals surface area (Å²) in [7, 11) is 2.94. The molecule has 2 bridgehead atoms. The zero-order chi connectivity index (χ0) is 24.0. The van der Waals surface area contributed by atoms with Gasteiger partial charge in [0, 0.05) is 16.7 Å². The minimum atomic E-state index is -2.10. The Labute approximate surface area is 195 Å². The number of benzene rings is 2. The Kier molecular flexibility index (Phi) is 5.21. The fraction of sp³-hybridized carbons (Fsp3) is 0.333. The lowest BCUT2D eigenvalue weighted by Gasteiger charge is -2.48. The number of nitrogens with zero attached hydrogens (tertiary/aromatic N) is 3. The monoisotopic (exact) mass is 462 g/mol. The summed E-state index contributed by atoms with van der Waals surface area (Å²) in [6.07, 6.45) is -1.27. The fourth-order valence-electron chi connectivity index (χ4n) is 4.83. The molecule has 2 saturated heterocycles. The van der Waals surface area contributed by atoms with E-state index in [4.69, 9.17) is 36.0 Å². The second-order valence-corrected chi connectivity index (χ2v) is 8.36. The Morgan fingerprint density at radius 2 is 1.55 bits per heavy atom. The molecule has 166 valence electrons. The molecule has 2 aliphatic heterocycles. The summed E-state index contributed by atoms with van der Waals surface area (Å²) in [6.45, 7) is 1.64. The molecule has 0 aliphatic carbocycles. The lowest BCUT2D eigenvalue weighted by atomic mass is 9.53. The van der Waals surface area contributed by atoms with Gasteiger partial charge in [-0.05, 0) is 29.8 Å². The summed E-state index contributed by atoms with van der Waals surface area (Å²) >= 11 is 6.06. The maximum atomic E-state index is 10.4. The summed E-state index contributed by atoms with van der Waals surface area (Å²) in [5.41, 5.74) is -3.12. The lowest BCUT2D eigenvalue weighted by molar-refractivity contribution is -0.288. The number of hydrogen-bond acceptors (Lipinski definition) is 8. The van der Waals surface area contributed by atoms with Gasteiger partial charge in [-0.25, -0.2) is 0 Å². The molecular formula is C24H19ClN4O4. The van der Waals surface area contributed by atoms with Crippen molar-refractivity contribution in [3.05, 3.63) is 58.6 Å². The predicted octanol–water partition coefficient (Wildman–Crippen LogP) is 4.47. The molecule has 4 unspecified atom stereocenters. The Balaban J connectivity index is 2.05. The molecule has 2 aliphatic rings. The molecule has 1 N–H and O–H groups in total. The van der Waals surface area contributed by atoms with Crippen LogP contribution in [-0.4, -0.2) is 20.1 Å². The van der Waals surface area contributed by atoms with Crippen molar-refractivity contribution in [1.82, 2.24) is 0 Å². The number of halogens is 1. The summed E-state index contributed by atoms with van der Waals surface area (Å²) in [6, 6.07) is 17.6. The van der Waals surface area contributed by atoms with Gasteiger partial charge in [-0.2, -0.15) is 15.8 Å². The standard InChI is InChI=1S/C24H19ClN4O4/c1-14-23(13-28)21(29)33-24(14,16-4-6-17(25)7-5-16)32-20(22(23,11-26)12-27)15-8-18(30-2)10-19(9-15)31-3/h4-10,14,20,29H,1-3H3. The van der Waals surface area contributed by atoms with Crippen molar-refractivity contribution in [1.29, 1.82) is 21.2 Å². The average molecular weight is 463 g/mol. The minimum absolute atomic E-state index is 0.373. The third-order valence-electron chi connectivity index (χ3n) is 6.59. The Morgan fingerprint density at radius 3 is 2.03 bits per heavy atom. The zero-order valence-electron chi connectivity index (χ0n) is 18.0. The third-order valence-corrected chi connectivity index (χ3v) is 6.84. The molecule has 33 heavy (non-hydrogen) atoms. The number of methoxy groups -OCH3 is 2. The SMILES string of the molecule is COc1cc(OC)cc(C2OC3(c4ccc(Cl)cc4)OC(=N)C(C#N)(C3C)C2(C#N)C#N)c1. The highest BCUT2D eigenvalue weighted by atomic mass is 35.5. The lowest BCUT2D eigenvalue weighted by Crippen LogP contribution is -2.57. The van der Waals surface area contributed by atoms with E-state index in [9.17, 15) is 15.8 Å². The van der Waals surface area contributed by atoms with E-state index < -0.39 is 34.5 Å². The van der Waals surface area contributed by atoms with E-state index in [2.05, 4.69) is 6.07 Å². The summed E-state index contributed by atoms with van der Waals surface area (Å²) in [5, 5.41) is 40.2. The van der Waals surface area contributed by atoms with Gasteiger partial charge in [0.05, 0.1) is 38.3 Å². The second kappa shape index (κ2) is 7.67. The van der Waals surface area contributed by atoms with Gasteiger partial charge in [0.25, 0.3) is 0 Å². The molecule has 2 aromatic carbocycles. The van der Waals surface area contributed by atoms with Gasteiger partial charge < -0.3 is 18.9 Å². The van der Waals surface area contributed by atoms with Gasteiger partial charge in [0.15, 0.2) is 5.41 Å². The van der Waals surface area contributed by atoms with E-state index in [0.29, 0.717) is 27.6 Å². The van der Waals surface area contributed by atoms with E-state index in [1.165, 1.54) is 14.2 Å². The van der Waals surface area contributed by atoms with Gasteiger partial charge >= 0.3 is 0 Å². The molecule has 0 saturated carbocycles. The van der Waals surface area contributed by atoms with Crippen LogP contribution in [0.1, 0.15) is 24.2 Å². The molecule has 4 atom stereocenters. The van der Waals surface area contributed by atoms with Crippen molar-refractivity contribution in [3.63, 3.8) is 0 Å². The molecule has 9 heteroatoms. The Morgan fingerprint density at radius 1 is 0.970 bits per heavy atom. The van der Waals surface area contributed by atoms with Crippen LogP contribution in [0, 0.1) is 56.2 Å². The largest absolute Gasteiger partial charge is 0.497 e. The van der Waals surface area contributed by atoms with Crippen LogP contribution in [0.3, 0.4) is 0 Å². The van der Waals surface area contributed by atoms with Crippen molar-refractivity contribution in [2.24, 2.45) is 16.7 Å². The van der Waals surface area contributed by atoms with E-state index in [1.54, 1.807) is 49.4 Å². The highest BCUT2D eigenvalue weighted by molar-refractivity contribution is 6.30. The average Bonchev–Trinajstić information content (AvgIpc) is 3.00. The van der Waals surface area contributed by atoms with Crippen LogP contribution in [0.4, 0.5) is 0 Å². The van der Waals surface area contributed by atoms with Gasteiger partial charge in [0.2, 0.25) is 17.1 Å². The first-order valence-corrected chi connectivity index (χ1v) is 10.3. The second-order valence-electron chi connectivity index (χ2n) is 7.92. The maximum Gasteiger partial charge on any atom is 0.244 e. The molecule has 2 fully saturated rings. The topological polar surface area (TPSA) is 132 Å². The molecule has 0 amide bonds. The highest BCUT2D eigenvalue weighted by Gasteiger charge is 2.79. The molecule has 0 aromatic heterocycles. The van der Waals surface area contributed by atoms with E-state index in [1.807, 2.05) is 12.1 Å². The van der Waals surface area contributed by atoms with Crippen LogP contribution in [-0.2, 0) is 15.3 Å². The maximum absolute atomic E-state index is 10.4.